The lowest BCUT2D eigenvalue weighted by atomic mass is 9.97. The number of nitrogens with zero attached hydrogens (tertiary/aromatic N) is 4. The fraction of sp³-hybridized carbons (Fsp3) is 0. The van der Waals surface area contributed by atoms with Gasteiger partial charge >= 0.3 is 0 Å². The average molecular weight is 731 g/mol. The van der Waals surface area contributed by atoms with Crippen molar-refractivity contribution in [1.29, 1.82) is 0 Å². The molecule has 12 aromatic rings. The average Bonchev–Trinajstić information content (AvgIpc) is 3.96. The number of rotatable bonds is 5. The zero-order valence-corrected chi connectivity index (χ0v) is 30.4. The van der Waals surface area contributed by atoms with Gasteiger partial charge in [-0.2, -0.15) is 9.97 Å². The van der Waals surface area contributed by atoms with Gasteiger partial charge in [0.2, 0.25) is 5.95 Å². The van der Waals surface area contributed by atoms with Gasteiger partial charge in [-0.25, -0.2) is 4.98 Å². The first-order valence-electron chi connectivity index (χ1n) is 19.0. The summed E-state index contributed by atoms with van der Waals surface area (Å²) >= 11 is 0. The highest BCUT2D eigenvalue weighted by molar-refractivity contribution is 6.18. The molecule has 0 aliphatic rings. The van der Waals surface area contributed by atoms with Crippen molar-refractivity contribution in [3.63, 3.8) is 0 Å². The lowest BCUT2D eigenvalue weighted by molar-refractivity contribution is 0.669. The van der Waals surface area contributed by atoms with Crippen LogP contribution in [0.25, 0.3) is 117 Å². The molecule has 0 saturated heterocycles. The molecular weight excluding hydrogens is 701 g/mol. The summed E-state index contributed by atoms with van der Waals surface area (Å²) in [5, 5.41) is 6.58. The summed E-state index contributed by atoms with van der Waals surface area (Å²) in [6.45, 7) is 0. The van der Waals surface area contributed by atoms with Crippen LogP contribution < -0.4 is 0 Å². The maximum atomic E-state index is 6.96. The van der Waals surface area contributed by atoms with Crippen LogP contribution in [-0.4, -0.2) is 19.5 Å². The smallest absolute Gasteiger partial charge is 0.238 e. The summed E-state index contributed by atoms with van der Waals surface area (Å²) in [4.78, 5) is 15.4. The van der Waals surface area contributed by atoms with Crippen LogP contribution in [0.4, 0.5) is 0 Å². The first-order valence-corrected chi connectivity index (χ1v) is 19.0. The molecule has 266 valence electrons. The molecule has 0 radical (unpaired) electrons. The van der Waals surface area contributed by atoms with E-state index >= 15 is 0 Å². The van der Waals surface area contributed by atoms with Gasteiger partial charge in [-0.05, 0) is 41.5 Å². The molecule has 0 unspecified atom stereocenters. The Hall–Kier alpha value is -7.83. The highest BCUT2D eigenvalue weighted by Gasteiger charge is 2.21. The van der Waals surface area contributed by atoms with E-state index in [4.69, 9.17) is 23.8 Å². The van der Waals surface area contributed by atoms with Crippen molar-refractivity contribution in [1.82, 2.24) is 19.5 Å². The molecule has 6 heteroatoms. The van der Waals surface area contributed by atoms with Gasteiger partial charge in [-0.3, -0.25) is 4.57 Å². The molecule has 0 spiro atoms. The highest BCUT2D eigenvalue weighted by atomic mass is 16.3. The normalized spacial score (nSPS) is 11.9. The molecular formula is C51H30N4O2. The van der Waals surface area contributed by atoms with E-state index in [2.05, 4.69) is 138 Å². The van der Waals surface area contributed by atoms with Crippen LogP contribution >= 0.6 is 0 Å². The summed E-state index contributed by atoms with van der Waals surface area (Å²) < 4.78 is 15.4. The minimum Gasteiger partial charge on any atom is -0.456 e. The molecule has 0 fully saturated rings. The van der Waals surface area contributed by atoms with Gasteiger partial charge in [-0.1, -0.05) is 152 Å². The van der Waals surface area contributed by atoms with Crippen LogP contribution in [-0.2, 0) is 0 Å². The Bertz CT molecular complexity index is 3490. The van der Waals surface area contributed by atoms with Crippen molar-refractivity contribution >= 4 is 65.7 Å². The SMILES string of the molecule is c1ccc(-c2nc(-c3cccc(-c4cccc5c4oc4c(-c6cccc7oc8ccccc8c67)cccc45)c3)nc(-n3c4ccccc4c4ccccc43)n2)cc1. The summed E-state index contributed by atoms with van der Waals surface area (Å²) in [6.07, 6.45) is 0. The minimum atomic E-state index is 0.564. The van der Waals surface area contributed by atoms with Crippen LogP contribution in [0, 0.1) is 0 Å². The molecule has 12 rings (SSSR count). The number of hydrogen-bond acceptors (Lipinski definition) is 5. The molecule has 0 atom stereocenters. The van der Waals surface area contributed by atoms with Crippen LogP contribution in [0.1, 0.15) is 0 Å². The predicted molar refractivity (Wildman–Crippen MR) is 230 cm³/mol. The molecule has 6 nitrogen and oxygen atoms in total. The molecule has 8 aromatic carbocycles. The van der Waals surface area contributed by atoms with E-state index in [9.17, 15) is 0 Å². The summed E-state index contributed by atoms with van der Waals surface area (Å²) in [6, 6.07) is 62.5. The third kappa shape index (κ3) is 4.87. The van der Waals surface area contributed by atoms with E-state index in [1.165, 1.54) is 0 Å². The number of aromatic nitrogens is 4. The Morgan fingerprint density at radius 3 is 1.65 bits per heavy atom. The lowest BCUT2D eigenvalue weighted by Crippen LogP contribution is -2.06. The van der Waals surface area contributed by atoms with Crippen molar-refractivity contribution in [2.24, 2.45) is 0 Å². The quantitative estimate of drug-likeness (QED) is 0.176. The van der Waals surface area contributed by atoms with Crippen LogP contribution in [0.3, 0.4) is 0 Å². The molecule has 4 heterocycles. The maximum absolute atomic E-state index is 6.96. The number of furan rings is 2. The van der Waals surface area contributed by atoms with Gasteiger partial charge in [0.05, 0.1) is 11.0 Å². The highest BCUT2D eigenvalue weighted by Crippen LogP contribution is 2.44. The largest absolute Gasteiger partial charge is 0.456 e. The second kappa shape index (κ2) is 12.3. The zero-order chi connectivity index (χ0) is 37.5. The fourth-order valence-corrected chi connectivity index (χ4v) is 8.53. The molecule has 0 N–H and O–H groups in total. The summed E-state index contributed by atoms with van der Waals surface area (Å²) in [5.41, 5.74) is 11.4. The Labute approximate surface area is 325 Å². The van der Waals surface area contributed by atoms with E-state index in [0.717, 1.165) is 99.1 Å². The van der Waals surface area contributed by atoms with Gasteiger partial charge < -0.3 is 8.83 Å². The van der Waals surface area contributed by atoms with E-state index in [-0.39, 0.29) is 0 Å². The van der Waals surface area contributed by atoms with Crippen LogP contribution in [0.2, 0.25) is 0 Å². The summed E-state index contributed by atoms with van der Waals surface area (Å²) in [5.74, 6) is 1.76. The number of para-hydroxylation sites is 5. The van der Waals surface area contributed by atoms with Gasteiger partial charge in [0, 0.05) is 54.6 Å². The number of benzene rings is 8. The third-order valence-corrected chi connectivity index (χ3v) is 11.1. The maximum Gasteiger partial charge on any atom is 0.238 e. The Balaban J connectivity index is 1.04. The summed E-state index contributed by atoms with van der Waals surface area (Å²) in [7, 11) is 0. The second-order valence-electron chi connectivity index (χ2n) is 14.3. The van der Waals surface area contributed by atoms with E-state index < -0.39 is 0 Å². The first-order chi connectivity index (χ1) is 28.3. The lowest BCUT2D eigenvalue weighted by Gasteiger charge is -2.11. The Morgan fingerprint density at radius 2 is 0.877 bits per heavy atom. The van der Waals surface area contributed by atoms with Gasteiger partial charge in [-0.15, -0.1) is 0 Å². The van der Waals surface area contributed by atoms with E-state index in [1.54, 1.807) is 0 Å². The van der Waals surface area contributed by atoms with Crippen molar-refractivity contribution in [2.45, 2.75) is 0 Å². The monoisotopic (exact) mass is 730 g/mol. The second-order valence-corrected chi connectivity index (χ2v) is 14.3. The molecule has 0 aliphatic carbocycles. The van der Waals surface area contributed by atoms with Gasteiger partial charge in [0.1, 0.15) is 22.3 Å². The molecule has 0 bridgehead atoms. The topological polar surface area (TPSA) is 69.9 Å². The number of fused-ring (bicyclic) bond motifs is 9. The number of hydrogen-bond donors (Lipinski definition) is 0. The Kier molecular flexibility index (Phi) is 6.83. The van der Waals surface area contributed by atoms with Crippen LogP contribution in [0.5, 0.6) is 0 Å². The van der Waals surface area contributed by atoms with E-state index in [1.807, 2.05) is 48.5 Å². The third-order valence-electron chi connectivity index (χ3n) is 11.1. The van der Waals surface area contributed by atoms with Crippen LogP contribution in [0.15, 0.2) is 191 Å². The fourth-order valence-electron chi connectivity index (χ4n) is 8.53. The molecule has 57 heavy (non-hydrogen) atoms. The van der Waals surface area contributed by atoms with Crippen molar-refractivity contribution in [2.75, 3.05) is 0 Å². The molecule has 4 aromatic heterocycles. The predicted octanol–water partition coefficient (Wildman–Crippen LogP) is 13.4. The zero-order valence-electron chi connectivity index (χ0n) is 30.4. The standard InChI is InChI=1S/C51H30N4O2/c1-2-14-31(15-3-1)49-52-50(54-51(53-49)55-42-26-7-4-18-35(42)36-19-5-8-27-43(36)55)33-17-10-16-32(30-33)34-21-11-24-39-40-25-12-23-38(48(40)57-47(34)39)37-22-13-29-45-46(37)41-20-6-9-28-44(41)56-45/h1-30H. The van der Waals surface area contributed by atoms with Gasteiger partial charge in [0.15, 0.2) is 11.6 Å². The van der Waals surface area contributed by atoms with Crippen molar-refractivity contribution in [3.8, 4) is 51.0 Å². The van der Waals surface area contributed by atoms with Crippen molar-refractivity contribution < 1.29 is 8.83 Å². The van der Waals surface area contributed by atoms with Crippen molar-refractivity contribution in [3.05, 3.63) is 182 Å². The van der Waals surface area contributed by atoms with Gasteiger partial charge in [0.25, 0.3) is 0 Å². The molecule has 0 saturated carbocycles. The minimum absolute atomic E-state index is 0.564. The Morgan fingerprint density at radius 1 is 0.351 bits per heavy atom. The first kappa shape index (κ1) is 31.5. The molecule has 0 aliphatic heterocycles. The van der Waals surface area contributed by atoms with E-state index in [0.29, 0.717) is 17.6 Å². The molecule has 0 amide bonds.